The Bertz CT molecular complexity index is 624. The summed E-state index contributed by atoms with van der Waals surface area (Å²) < 4.78 is 26.2. The van der Waals surface area contributed by atoms with Crippen LogP contribution in [0.3, 0.4) is 0 Å². The van der Waals surface area contributed by atoms with E-state index < -0.39 is 5.92 Å². The highest BCUT2D eigenvalue weighted by Gasteiger charge is 2.59. The van der Waals surface area contributed by atoms with E-state index in [4.69, 9.17) is 0 Å². The zero-order valence-corrected chi connectivity index (χ0v) is 12.3. The van der Waals surface area contributed by atoms with Gasteiger partial charge in [0, 0.05) is 50.1 Å². The molecule has 2 fully saturated rings. The minimum Gasteiger partial charge on any atom is -0.324 e. The Labute approximate surface area is 127 Å². The fourth-order valence-corrected chi connectivity index (χ4v) is 4.02. The molecule has 4 rings (SSSR count). The van der Waals surface area contributed by atoms with E-state index in [9.17, 15) is 13.6 Å². The number of amides is 2. The van der Waals surface area contributed by atoms with E-state index in [1.807, 2.05) is 18.2 Å². The maximum Gasteiger partial charge on any atom is 0.321 e. The lowest BCUT2D eigenvalue weighted by Crippen LogP contribution is -2.48. The first kappa shape index (κ1) is 13.9. The van der Waals surface area contributed by atoms with Gasteiger partial charge in [0.2, 0.25) is 5.92 Å². The third-order valence-electron chi connectivity index (χ3n) is 5.08. The third kappa shape index (κ3) is 2.35. The number of likely N-dealkylation sites (tertiary alicyclic amines) is 1. The summed E-state index contributed by atoms with van der Waals surface area (Å²) >= 11 is 0. The molecule has 22 heavy (non-hydrogen) atoms. The standard InChI is InChI=1S/C16H19F2N3O/c17-16(18)8-15(9-16)3-4-21(10-15)14(22)20-13-2-1-11-6-19-7-12(11)5-13/h1-2,5,19H,3-4,6-10H2,(H,20,22). The van der Waals surface area contributed by atoms with Crippen LogP contribution in [0.2, 0.25) is 0 Å². The van der Waals surface area contributed by atoms with Crippen LogP contribution in [0.5, 0.6) is 0 Å². The van der Waals surface area contributed by atoms with Crippen LogP contribution in [0, 0.1) is 5.41 Å². The molecule has 6 heteroatoms. The second-order valence-electron chi connectivity index (χ2n) is 6.90. The van der Waals surface area contributed by atoms with Gasteiger partial charge in [0.25, 0.3) is 0 Å². The number of urea groups is 1. The molecule has 1 aromatic carbocycles. The third-order valence-corrected chi connectivity index (χ3v) is 5.08. The molecule has 0 atom stereocenters. The lowest BCUT2D eigenvalue weighted by atomic mass is 9.65. The molecule has 118 valence electrons. The normalized spacial score (nSPS) is 24.2. The molecule has 1 spiro atoms. The van der Waals surface area contributed by atoms with Crippen LogP contribution in [0.15, 0.2) is 18.2 Å². The molecule has 0 unspecified atom stereocenters. The van der Waals surface area contributed by atoms with Gasteiger partial charge in [-0.05, 0) is 29.7 Å². The molecule has 2 amide bonds. The number of fused-ring (bicyclic) bond motifs is 1. The van der Waals surface area contributed by atoms with Crippen LogP contribution in [-0.2, 0) is 13.1 Å². The molecule has 2 heterocycles. The van der Waals surface area contributed by atoms with Gasteiger partial charge in [-0.3, -0.25) is 0 Å². The van der Waals surface area contributed by atoms with Crippen molar-refractivity contribution in [3.8, 4) is 0 Å². The van der Waals surface area contributed by atoms with Crippen molar-refractivity contribution in [3.63, 3.8) is 0 Å². The summed E-state index contributed by atoms with van der Waals surface area (Å²) in [7, 11) is 0. The molecular weight excluding hydrogens is 288 g/mol. The van der Waals surface area contributed by atoms with Crippen molar-refractivity contribution >= 4 is 11.7 Å². The first-order valence-corrected chi connectivity index (χ1v) is 7.71. The molecular formula is C16H19F2N3O. The molecule has 0 aromatic heterocycles. The number of carbonyl (C=O) groups excluding carboxylic acids is 1. The number of anilines is 1. The first-order valence-electron chi connectivity index (χ1n) is 7.71. The van der Waals surface area contributed by atoms with E-state index in [0.29, 0.717) is 19.5 Å². The molecule has 2 N–H and O–H groups in total. The number of halogens is 2. The Hall–Kier alpha value is -1.69. The Morgan fingerprint density at radius 2 is 2.00 bits per heavy atom. The fraction of sp³-hybridized carbons (Fsp3) is 0.562. The van der Waals surface area contributed by atoms with Gasteiger partial charge in [-0.1, -0.05) is 6.07 Å². The van der Waals surface area contributed by atoms with Crippen molar-refractivity contribution in [1.82, 2.24) is 10.2 Å². The van der Waals surface area contributed by atoms with Crippen LogP contribution in [0.25, 0.3) is 0 Å². The maximum absolute atomic E-state index is 13.1. The Morgan fingerprint density at radius 1 is 1.23 bits per heavy atom. The van der Waals surface area contributed by atoms with Crippen LogP contribution in [0.1, 0.15) is 30.4 Å². The van der Waals surface area contributed by atoms with E-state index >= 15 is 0 Å². The van der Waals surface area contributed by atoms with E-state index in [2.05, 4.69) is 10.6 Å². The number of nitrogens with one attached hydrogen (secondary N) is 2. The summed E-state index contributed by atoms with van der Waals surface area (Å²) in [4.78, 5) is 14.0. The molecule has 0 bridgehead atoms. The number of alkyl halides is 2. The van der Waals surface area contributed by atoms with Gasteiger partial charge < -0.3 is 15.5 Å². The molecule has 3 aliphatic rings. The van der Waals surface area contributed by atoms with Crippen molar-refractivity contribution in [3.05, 3.63) is 29.3 Å². The summed E-state index contributed by atoms with van der Waals surface area (Å²) in [5, 5.41) is 6.15. The van der Waals surface area contributed by atoms with Gasteiger partial charge in [-0.15, -0.1) is 0 Å². The SMILES string of the molecule is O=C(Nc1ccc2c(c1)CNC2)N1CCC2(C1)CC(F)(F)C2. The zero-order valence-electron chi connectivity index (χ0n) is 12.3. The topological polar surface area (TPSA) is 44.4 Å². The zero-order chi connectivity index (χ0) is 15.4. The van der Waals surface area contributed by atoms with E-state index in [1.54, 1.807) is 4.90 Å². The summed E-state index contributed by atoms with van der Waals surface area (Å²) in [5.41, 5.74) is 2.89. The minimum absolute atomic E-state index is 0.0751. The van der Waals surface area contributed by atoms with Crippen molar-refractivity contribution < 1.29 is 13.6 Å². The van der Waals surface area contributed by atoms with Crippen LogP contribution >= 0.6 is 0 Å². The average Bonchev–Trinajstić information content (AvgIpc) is 3.03. The highest BCUT2D eigenvalue weighted by Crippen LogP contribution is 2.56. The highest BCUT2D eigenvalue weighted by molar-refractivity contribution is 5.89. The molecule has 1 saturated carbocycles. The van der Waals surface area contributed by atoms with Crippen LogP contribution in [-0.4, -0.2) is 29.9 Å². The summed E-state index contributed by atoms with van der Waals surface area (Å²) in [6, 6.07) is 5.71. The molecule has 4 nitrogen and oxygen atoms in total. The van der Waals surface area contributed by atoms with Gasteiger partial charge in [0.15, 0.2) is 0 Å². The number of hydrogen-bond acceptors (Lipinski definition) is 2. The van der Waals surface area contributed by atoms with Crippen molar-refractivity contribution in [1.29, 1.82) is 0 Å². The Morgan fingerprint density at radius 3 is 2.77 bits per heavy atom. The second kappa shape index (κ2) is 4.65. The summed E-state index contributed by atoms with van der Waals surface area (Å²) in [6.45, 7) is 2.70. The van der Waals surface area contributed by atoms with E-state index in [1.165, 1.54) is 11.1 Å². The summed E-state index contributed by atoms with van der Waals surface area (Å²) in [6.07, 6.45) is 0.534. The minimum atomic E-state index is -2.53. The monoisotopic (exact) mass is 307 g/mol. The average molecular weight is 307 g/mol. The van der Waals surface area contributed by atoms with Crippen molar-refractivity contribution in [2.45, 2.75) is 38.3 Å². The van der Waals surface area contributed by atoms with Crippen molar-refractivity contribution in [2.24, 2.45) is 5.41 Å². The maximum atomic E-state index is 13.1. The smallest absolute Gasteiger partial charge is 0.321 e. The molecule has 1 aliphatic carbocycles. The predicted octanol–water partition coefficient (Wildman–Crippen LogP) is 2.94. The van der Waals surface area contributed by atoms with E-state index in [0.717, 1.165) is 18.8 Å². The Kier molecular flexibility index (Phi) is 2.95. The quantitative estimate of drug-likeness (QED) is 0.838. The molecule has 1 saturated heterocycles. The lowest BCUT2D eigenvalue weighted by molar-refractivity contribution is -0.154. The molecule has 1 aromatic rings. The van der Waals surface area contributed by atoms with Gasteiger partial charge in [0.05, 0.1) is 0 Å². The number of nitrogens with zero attached hydrogens (tertiary/aromatic N) is 1. The number of carbonyl (C=O) groups is 1. The number of hydrogen-bond donors (Lipinski definition) is 2. The van der Waals surface area contributed by atoms with Crippen LogP contribution in [0.4, 0.5) is 19.3 Å². The Balaban J connectivity index is 1.39. The number of rotatable bonds is 1. The molecule has 2 aliphatic heterocycles. The fourth-order valence-electron chi connectivity index (χ4n) is 4.02. The second-order valence-corrected chi connectivity index (χ2v) is 6.90. The van der Waals surface area contributed by atoms with Crippen molar-refractivity contribution in [2.75, 3.05) is 18.4 Å². The number of benzene rings is 1. The first-order chi connectivity index (χ1) is 10.4. The van der Waals surface area contributed by atoms with Gasteiger partial charge in [-0.2, -0.15) is 0 Å². The molecule has 0 radical (unpaired) electrons. The summed E-state index contributed by atoms with van der Waals surface area (Å²) in [5.74, 6) is -2.53. The van der Waals surface area contributed by atoms with Crippen LogP contribution < -0.4 is 10.6 Å². The van der Waals surface area contributed by atoms with Gasteiger partial charge in [-0.25, -0.2) is 13.6 Å². The van der Waals surface area contributed by atoms with Gasteiger partial charge >= 0.3 is 6.03 Å². The van der Waals surface area contributed by atoms with Gasteiger partial charge in [0.1, 0.15) is 0 Å². The lowest BCUT2D eigenvalue weighted by Gasteiger charge is -2.44. The highest BCUT2D eigenvalue weighted by atomic mass is 19.3. The largest absolute Gasteiger partial charge is 0.324 e. The van der Waals surface area contributed by atoms with E-state index in [-0.39, 0.29) is 24.3 Å². The predicted molar refractivity (Wildman–Crippen MR) is 78.8 cm³/mol.